The number of nitrogens with zero attached hydrogens (tertiary/aromatic N) is 5. The average Bonchev–Trinajstić information content (AvgIpc) is 3.34. The Bertz CT molecular complexity index is 705. The summed E-state index contributed by atoms with van der Waals surface area (Å²) >= 11 is 0. The molecule has 0 spiro atoms. The first-order valence-electron chi connectivity index (χ1n) is 8.50. The first-order valence-corrected chi connectivity index (χ1v) is 8.50. The van der Waals surface area contributed by atoms with Gasteiger partial charge >= 0.3 is 0 Å². The minimum atomic E-state index is 0. The van der Waals surface area contributed by atoms with Crippen molar-refractivity contribution in [3.05, 3.63) is 42.6 Å². The molecule has 1 N–H and O–H groups in total. The zero-order valence-electron chi connectivity index (χ0n) is 14.5. The van der Waals surface area contributed by atoms with E-state index in [9.17, 15) is 4.79 Å². The number of carbonyl (C=O) groups is 1. The lowest BCUT2D eigenvalue weighted by molar-refractivity contribution is 0.0773. The maximum Gasteiger partial charge on any atom is 0.254 e. The van der Waals surface area contributed by atoms with Crippen LogP contribution in [-0.4, -0.2) is 75.6 Å². The van der Waals surface area contributed by atoms with Crippen LogP contribution in [0.2, 0.25) is 0 Å². The number of hydrogen-bond acceptors (Lipinski definition) is 5. The molecule has 1 amide bonds. The predicted octanol–water partition coefficient (Wildman–Crippen LogP) is 1.23. The number of likely N-dealkylation sites (tertiary alicyclic amines) is 1. The lowest BCUT2D eigenvalue weighted by atomic mass is 10.2. The molecule has 0 saturated carbocycles. The van der Waals surface area contributed by atoms with Crippen molar-refractivity contribution in [3.63, 3.8) is 0 Å². The number of nitrogens with one attached hydrogen (secondary N) is 1. The summed E-state index contributed by atoms with van der Waals surface area (Å²) in [6.45, 7) is 5.89. The third kappa shape index (κ3) is 4.35. The van der Waals surface area contributed by atoms with E-state index in [-0.39, 0.29) is 30.7 Å². The fraction of sp³-hybridized carbons (Fsp3) is 0.471. The van der Waals surface area contributed by atoms with Crippen LogP contribution in [0.5, 0.6) is 0 Å². The van der Waals surface area contributed by atoms with Crippen LogP contribution < -0.4 is 5.32 Å². The lowest BCUT2D eigenvalue weighted by Gasteiger charge is -2.32. The van der Waals surface area contributed by atoms with E-state index in [2.05, 4.69) is 20.2 Å². The van der Waals surface area contributed by atoms with Crippen LogP contribution in [0.3, 0.4) is 0 Å². The molecule has 2 saturated heterocycles. The van der Waals surface area contributed by atoms with Crippen LogP contribution in [0.4, 0.5) is 0 Å². The van der Waals surface area contributed by atoms with E-state index in [1.807, 2.05) is 21.7 Å². The number of aromatic nitrogens is 3. The summed E-state index contributed by atoms with van der Waals surface area (Å²) in [5.41, 5.74) is 0.690. The van der Waals surface area contributed by atoms with Gasteiger partial charge in [-0.1, -0.05) is 0 Å². The van der Waals surface area contributed by atoms with Gasteiger partial charge in [-0.2, -0.15) is 0 Å². The maximum atomic E-state index is 12.8. The van der Waals surface area contributed by atoms with E-state index in [0.29, 0.717) is 11.6 Å². The molecule has 4 heterocycles. The second-order valence-electron chi connectivity index (χ2n) is 6.35. The number of imidazole rings is 1. The minimum Gasteiger partial charge on any atom is -0.337 e. The van der Waals surface area contributed by atoms with Crippen molar-refractivity contribution in [2.75, 3.05) is 39.3 Å². The first-order chi connectivity index (χ1) is 11.8. The minimum absolute atomic E-state index is 0. The molecule has 142 valence electrons. The van der Waals surface area contributed by atoms with Crippen LogP contribution in [0.25, 0.3) is 5.82 Å². The lowest BCUT2D eigenvalue weighted by Crippen LogP contribution is -2.49. The highest BCUT2D eigenvalue weighted by Crippen LogP contribution is 2.19. The number of halogens is 2. The zero-order chi connectivity index (χ0) is 16.4. The SMILES string of the molecule is Cl.Cl.O=C(c1ccnc(-n2ccnc2)c1)N1CCC(N2CCNCC2)C1. The van der Waals surface area contributed by atoms with Crippen LogP contribution in [0, 0.1) is 0 Å². The molecule has 2 fully saturated rings. The molecule has 2 aliphatic rings. The Labute approximate surface area is 165 Å². The van der Waals surface area contributed by atoms with Gasteiger partial charge < -0.3 is 10.2 Å². The molecule has 2 aromatic heterocycles. The van der Waals surface area contributed by atoms with Crippen LogP contribution in [0.1, 0.15) is 16.8 Å². The number of carbonyl (C=O) groups excluding carboxylic acids is 1. The van der Waals surface area contributed by atoms with Gasteiger partial charge in [0.05, 0.1) is 0 Å². The van der Waals surface area contributed by atoms with Gasteiger partial charge in [0.2, 0.25) is 0 Å². The Balaban J connectivity index is 0.00000121. The highest BCUT2D eigenvalue weighted by Gasteiger charge is 2.31. The Morgan fingerprint density at radius 1 is 1.15 bits per heavy atom. The number of piperazine rings is 1. The summed E-state index contributed by atoms with van der Waals surface area (Å²) in [7, 11) is 0. The molecule has 7 nitrogen and oxygen atoms in total. The number of amides is 1. The molecule has 1 unspecified atom stereocenters. The van der Waals surface area contributed by atoms with Gasteiger partial charge in [0, 0.05) is 69.5 Å². The van der Waals surface area contributed by atoms with Gasteiger partial charge in [-0.3, -0.25) is 14.3 Å². The van der Waals surface area contributed by atoms with E-state index in [4.69, 9.17) is 0 Å². The van der Waals surface area contributed by atoms with Gasteiger partial charge in [0.25, 0.3) is 5.91 Å². The fourth-order valence-corrected chi connectivity index (χ4v) is 3.54. The van der Waals surface area contributed by atoms with E-state index >= 15 is 0 Å². The van der Waals surface area contributed by atoms with Crippen molar-refractivity contribution in [1.82, 2.24) is 29.7 Å². The van der Waals surface area contributed by atoms with Crippen LogP contribution >= 0.6 is 24.8 Å². The van der Waals surface area contributed by atoms with Crippen molar-refractivity contribution in [1.29, 1.82) is 0 Å². The monoisotopic (exact) mass is 398 g/mol. The molecule has 26 heavy (non-hydrogen) atoms. The largest absolute Gasteiger partial charge is 0.337 e. The molecule has 2 aliphatic heterocycles. The summed E-state index contributed by atoms with van der Waals surface area (Å²) in [5, 5.41) is 3.38. The first kappa shape index (κ1) is 20.6. The number of rotatable bonds is 3. The van der Waals surface area contributed by atoms with Crippen molar-refractivity contribution in [3.8, 4) is 5.82 Å². The molecule has 0 aromatic carbocycles. The standard InChI is InChI=1S/C17H22N6O.2ClH/c24-17(14-1-3-20-16(11-14)23-10-6-19-13-23)22-7-2-15(12-22)21-8-4-18-5-9-21;;/h1,3,6,10-11,13,15,18H,2,4-5,7-9,12H2;2*1H. The molecular formula is C17H24Cl2N6O. The fourth-order valence-electron chi connectivity index (χ4n) is 3.54. The van der Waals surface area contributed by atoms with E-state index < -0.39 is 0 Å². The molecule has 0 bridgehead atoms. The Hall–Kier alpha value is -1.67. The van der Waals surface area contributed by atoms with Crippen molar-refractivity contribution in [2.24, 2.45) is 0 Å². The summed E-state index contributed by atoms with van der Waals surface area (Å²) < 4.78 is 1.81. The molecule has 0 aliphatic carbocycles. The second kappa shape index (κ2) is 9.32. The summed E-state index contributed by atoms with van der Waals surface area (Å²) in [4.78, 5) is 25.7. The van der Waals surface area contributed by atoms with Crippen LogP contribution in [-0.2, 0) is 0 Å². The Kier molecular flexibility index (Phi) is 7.40. The normalized spacial score (nSPS) is 20.3. The van der Waals surface area contributed by atoms with E-state index in [1.165, 1.54) is 0 Å². The number of hydrogen-bond donors (Lipinski definition) is 1. The van der Waals surface area contributed by atoms with Gasteiger partial charge in [-0.25, -0.2) is 9.97 Å². The Morgan fingerprint density at radius 3 is 2.69 bits per heavy atom. The maximum absolute atomic E-state index is 12.8. The topological polar surface area (TPSA) is 66.3 Å². The molecule has 2 aromatic rings. The summed E-state index contributed by atoms with van der Waals surface area (Å²) in [5.74, 6) is 0.813. The highest BCUT2D eigenvalue weighted by molar-refractivity contribution is 5.94. The molecular weight excluding hydrogens is 375 g/mol. The molecule has 1 atom stereocenters. The summed E-state index contributed by atoms with van der Waals surface area (Å²) in [6, 6.07) is 4.12. The quantitative estimate of drug-likeness (QED) is 0.841. The van der Waals surface area contributed by atoms with E-state index in [0.717, 1.165) is 51.5 Å². The van der Waals surface area contributed by atoms with E-state index in [1.54, 1.807) is 24.8 Å². The Morgan fingerprint density at radius 2 is 1.96 bits per heavy atom. The van der Waals surface area contributed by atoms with Gasteiger partial charge in [0.1, 0.15) is 12.1 Å². The molecule has 0 radical (unpaired) electrons. The van der Waals surface area contributed by atoms with Crippen molar-refractivity contribution < 1.29 is 4.79 Å². The molecule has 9 heteroatoms. The van der Waals surface area contributed by atoms with Gasteiger partial charge in [-0.05, 0) is 18.6 Å². The third-order valence-corrected chi connectivity index (χ3v) is 4.88. The number of pyridine rings is 1. The second-order valence-corrected chi connectivity index (χ2v) is 6.35. The average molecular weight is 399 g/mol. The van der Waals surface area contributed by atoms with Crippen LogP contribution in [0.15, 0.2) is 37.1 Å². The zero-order valence-corrected chi connectivity index (χ0v) is 16.1. The summed E-state index contributed by atoms with van der Waals surface area (Å²) in [6.07, 6.45) is 7.96. The predicted molar refractivity (Wildman–Crippen MR) is 105 cm³/mol. The van der Waals surface area contributed by atoms with Crippen molar-refractivity contribution >= 4 is 30.7 Å². The van der Waals surface area contributed by atoms with Gasteiger partial charge in [-0.15, -0.1) is 24.8 Å². The van der Waals surface area contributed by atoms with Crippen molar-refractivity contribution in [2.45, 2.75) is 12.5 Å². The highest BCUT2D eigenvalue weighted by atomic mass is 35.5. The molecule has 4 rings (SSSR count). The smallest absolute Gasteiger partial charge is 0.254 e. The third-order valence-electron chi connectivity index (χ3n) is 4.88. The van der Waals surface area contributed by atoms with Gasteiger partial charge in [0.15, 0.2) is 0 Å².